The third-order valence-electron chi connectivity index (χ3n) is 7.96. The summed E-state index contributed by atoms with van der Waals surface area (Å²) in [7, 11) is -2.10. The number of hydrogen-bond donors (Lipinski definition) is 2. The third kappa shape index (κ3) is 6.02. The number of nitrogens with zero attached hydrogens (tertiary/aromatic N) is 4. The van der Waals surface area contributed by atoms with Crippen molar-refractivity contribution in [2.45, 2.75) is 58.1 Å². The first-order chi connectivity index (χ1) is 20.6. The Hall–Kier alpha value is -4.36. The number of H-pyrrole nitrogens is 1. The van der Waals surface area contributed by atoms with Crippen molar-refractivity contribution in [2.75, 3.05) is 5.32 Å². The molecular weight excluding hydrogens is 592 g/mol. The van der Waals surface area contributed by atoms with Gasteiger partial charge >= 0.3 is 6.18 Å². The summed E-state index contributed by atoms with van der Waals surface area (Å²) >= 11 is 0. The van der Waals surface area contributed by atoms with Gasteiger partial charge < -0.3 is 9.74 Å². The smallest absolute Gasteiger partial charge is 0.410 e. The van der Waals surface area contributed by atoms with Gasteiger partial charge in [0.2, 0.25) is 0 Å². The predicted octanol–water partition coefficient (Wildman–Crippen LogP) is 8.30. The van der Waals surface area contributed by atoms with Crippen LogP contribution in [0.1, 0.15) is 55.3 Å². The van der Waals surface area contributed by atoms with Crippen LogP contribution in [0.4, 0.5) is 23.4 Å². The molecule has 230 valence electrons. The topological polar surface area (TPSA) is 97.7 Å². The molecule has 5 rings (SSSR count). The summed E-state index contributed by atoms with van der Waals surface area (Å²) in [5.74, 6) is -2.18. The largest absolute Gasteiger partial charge is 0.417 e. The molecule has 1 unspecified atom stereocenters. The first kappa shape index (κ1) is 31.1. The second-order valence-corrected chi connectivity index (χ2v) is 16.8. The Morgan fingerprint density at radius 1 is 1.07 bits per heavy atom. The minimum atomic E-state index is -4.87. The number of alkyl halides is 3. The number of fused-ring (bicyclic) bond motifs is 1. The Labute approximate surface area is 252 Å². The SMILES string of the molecule is CC(O[Si](C)(C)C(C)(C)C)c1cnc2c(NC(=O)c3cc(-c4ccn[nH]4)c(C(F)(F)F)cc3F)n(-c3ccccc3)nc2c1. The second kappa shape index (κ2) is 11.3. The van der Waals surface area contributed by atoms with E-state index < -0.39 is 42.9 Å². The molecule has 44 heavy (non-hydrogen) atoms. The normalized spacial score (nSPS) is 13.3. The molecule has 0 radical (unpaired) electrons. The van der Waals surface area contributed by atoms with Crippen LogP contribution in [0.2, 0.25) is 18.1 Å². The Morgan fingerprint density at radius 3 is 2.39 bits per heavy atom. The van der Waals surface area contributed by atoms with E-state index in [1.54, 1.807) is 30.5 Å². The van der Waals surface area contributed by atoms with Crippen molar-refractivity contribution in [1.29, 1.82) is 0 Å². The number of benzene rings is 2. The minimum absolute atomic E-state index is 0.00401. The molecule has 2 aromatic carbocycles. The fourth-order valence-corrected chi connectivity index (χ4v) is 5.92. The Kier molecular flexibility index (Phi) is 7.97. The molecule has 5 aromatic rings. The number of carbonyl (C=O) groups excluding carboxylic acids is 1. The molecule has 8 nitrogen and oxygen atoms in total. The summed E-state index contributed by atoms with van der Waals surface area (Å²) < 4.78 is 64.5. The zero-order valence-corrected chi connectivity index (χ0v) is 26.0. The molecule has 13 heteroatoms. The van der Waals surface area contributed by atoms with E-state index in [0.29, 0.717) is 22.8 Å². The van der Waals surface area contributed by atoms with Gasteiger partial charge in [-0.3, -0.25) is 14.9 Å². The molecule has 1 amide bonds. The van der Waals surface area contributed by atoms with Crippen molar-refractivity contribution in [3.8, 4) is 16.9 Å². The van der Waals surface area contributed by atoms with E-state index in [0.717, 1.165) is 11.6 Å². The number of aromatic amines is 1. The fourth-order valence-electron chi connectivity index (χ4n) is 4.55. The van der Waals surface area contributed by atoms with Crippen molar-refractivity contribution in [3.05, 3.63) is 89.5 Å². The molecule has 1 atom stereocenters. The molecule has 0 bridgehead atoms. The predicted molar refractivity (Wildman–Crippen MR) is 162 cm³/mol. The first-order valence-electron chi connectivity index (χ1n) is 13.9. The van der Waals surface area contributed by atoms with Crippen LogP contribution in [0.3, 0.4) is 0 Å². The minimum Gasteiger partial charge on any atom is -0.410 e. The molecule has 3 heterocycles. The number of anilines is 1. The van der Waals surface area contributed by atoms with Gasteiger partial charge in [0.05, 0.1) is 28.6 Å². The zero-order chi connectivity index (χ0) is 32.0. The summed E-state index contributed by atoms with van der Waals surface area (Å²) in [6, 6.07) is 13.2. The highest BCUT2D eigenvalue weighted by Crippen LogP contribution is 2.41. The van der Waals surface area contributed by atoms with Crippen molar-refractivity contribution in [3.63, 3.8) is 0 Å². The van der Waals surface area contributed by atoms with Gasteiger partial charge in [0.1, 0.15) is 16.9 Å². The summed E-state index contributed by atoms with van der Waals surface area (Å²) in [4.78, 5) is 18.1. The maximum absolute atomic E-state index is 15.1. The summed E-state index contributed by atoms with van der Waals surface area (Å²) in [5, 5.41) is 13.5. The number of halogens is 4. The molecule has 0 aliphatic heterocycles. The van der Waals surface area contributed by atoms with E-state index in [1.165, 1.54) is 16.9 Å². The van der Waals surface area contributed by atoms with Crippen molar-refractivity contribution < 1.29 is 26.8 Å². The number of nitrogens with one attached hydrogen (secondary N) is 2. The molecule has 0 saturated heterocycles. The molecule has 3 aromatic heterocycles. The Bertz CT molecular complexity index is 1810. The first-order valence-corrected chi connectivity index (χ1v) is 16.8. The highest BCUT2D eigenvalue weighted by atomic mass is 28.4. The van der Waals surface area contributed by atoms with Crippen LogP contribution >= 0.6 is 0 Å². The van der Waals surface area contributed by atoms with E-state index in [2.05, 4.69) is 59.5 Å². The summed E-state index contributed by atoms with van der Waals surface area (Å²) in [5.41, 5.74) is -0.140. The Balaban J connectivity index is 1.57. The number of carbonyl (C=O) groups is 1. The average Bonchev–Trinajstić information content (AvgIpc) is 3.60. The highest BCUT2D eigenvalue weighted by molar-refractivity contribution is 6.74. The van der Waals surface area contributed by atoms with Crippen molar-refractivity contribution in [2.24, 2.45) is 0 Å². The molecule has 2 N–H and O–H groups in total. The van der Waals surface area contributed by atoms with E-state index >= 15 is 4.39 Å². The van der Waals surface area contributed by atoms with Crippen LogP contribution in [-0.4, -0.2) is 39.2 Å². The monoisotopic (exact) mass is 624 g/mol. The zero-order valence-electron chi connectivity index (χ0n) is 25.0. The average molecular weight is 625 g/mol. The van der Waals surface area contributed by atoms with Crippen molar-refractivity contribution >= 4 is 31.1 Å². The Morgan fingerprint density at radius 2 is 1.77 bits per heavy atom. The molecular formula is C31H32F4N6O2Si. The van der Waals surface area contributed by atoms with Crippen molar-refractivity contribution in [1.82, 2.24) is 25.0 Å². The summed E-state index contributed by atoms with van der Waals surface area (Å²) in [6.07, 6.45) is -2.25. The molecule has 0 aliphatic rings. The van der Waals surface area contributed by atoms with Crippen LogP contribution in [0.25, 0.3) is 28.0 Å². The lowest BCUT2D eigenvalue weighted by Crippen LogP contribution is -2.41. The molecule has 0 saturated carbocycles. The maximum atomic E-state index is 15.1. The number of amides is 1. The van der Waals surface area contributed by atoms with Gasteiger partial charge in [-0.05, 0) is 67.0 Å². The van der Waals surface area contributed by atoms with Gasteiger partial charge in [-0.15, -0.1) is 0 Å². The highest BCUT2D eigenvalue weighted by Gasteiger charge is 2.39. The molecule has 0 spiro atoms. The van der Waals surface area contributed by atoms with Crippen LogP contribution in [0.15, 0.2) is 67.0 Å². The van der Waals surface area contributed by atoms with Crippen LogP contribution in [0.5, 0.6) is 0 Å². The molecule has 0 fully saturated rings. The third-order valence-corrected chi connectivity index (χ3v) is 12.5. The van der Waals surface area contributed by atoms with Crippen LogP contribution < -0.4 is 5.32 Å². The lowest BCUT2D eigenvalue weighted by atomic mass is 9.99. The standard InChI is InChI=1S/C31H32F4N6O2Si/c1-18(43-44(5,6)30(2,3)4)19-14-26-27(36-17-19)28(41(40-26)20-10-8-7-9-11-20)38-29(42)22-15-21(25-12-13-37-39-25)23(16-24(22)32)31(33,34)35/h7-18H,1-6H3,(H,37,39)(H,38,42). The lowest BCUT2D eigenvalue weighted by molar-refractivity contribution is -0.137. The number of pyridine rings is 1. The van der Waals surface area contributed by atoms with Crippen LogP contribution in [-0.2, 0) is 10.6 Å². The fraction of sp³-hybridized carbons (Fsp3) is 0.290. The van der Waals surface area contributed by atoms with E-state index in [4.69, 9.17) is 4.43 Å². The second-order valence-electron chi connectivity index (χ2n) is 12.1. The summed E-state index contributed by atoms with van der Waals surface area (Å²) in [6.45, 7) is 12.7. The van der Waals surface area contributed by atoms with Gasteiger partial charge in [-0.1, -0.05) is 39.0 Å². The van der Waals surface area contributed by atoms with Gasteiger partial charge in [-0.25, -0.2) is 9.07 Å². The molecule has 0 aliphatic carbocycles. The van der Waals surface area contributed by atoms with Gasteiger partial charge in [0.15, 0.2) is 14.1 Å². The van der Waals surface area contributed by atoms with E-state index in [1.807, 2.05) is 19.1 Å². The maximum Gasteiger partial charge on any atom is 0.417 e. The van der Waals surface area contributed by atoms with Gasteiger partial charge in [-0.2, -0.15) is 23.4 Å². The number of para-hydroxylation sites is 1. The van der Waals surface area contributed by atoms with Gasteiger partial charge in [0, 0.05) is 18.0 Å². The number of aromatic nitrogens is 5. The quantitative estimate of drug-likeness (QED) is 0.140. The van der Waals surface area contributed by atoms with Gasteiger partial charge in [0.25, 0.3) is 5.91 Å². The van der Waals surface area contributed by atoms with Crippen LogP contribution in [0, 0.1) is 5.82 Å². The van der Waals surface area contributed by atoms with E-state index in [9.17, 15) is 18.0 Å². The van der Waals surface area contributed by atoms with E-state index in [-0.39, 0.29) is 22.7 Å². The number of hydrogen-bond acceptors (Lipinski definition) is 5. The lowest BCUT2D eigenvalue weighted by Gasteiger charge is -2.38. The number of rotatable bonds is 7.